The van der Waals surface area contributed by atoms with Crippen molar-refractivity contribution in [1.82, 2.24) is 9.97 Å². The second-order valence-electron chi connectivity index (χ2n) is 7.58. The third kappa shape index (κ3) is 4.35. The molecule has 0 saturated heterocycles. The standard InChI is InChI=1S/C21H18ClF3N2O3S/c1-10-21(31(2,28)29)27-20(26-10)19(11-3-4-16(23)15(22)7-11)30-14-5-12-8-17(24)18(25)9-13(12)6-14/h3-4,7-9,14,19H,5-6H2,1-2H3,(H,26,27). The van der Waals surface area contributed by atoms with Crippen molar-refractivity contribution in [2.24, 2.45) is 0 Å². The highest BCUT2D eigenvalue weighted by molar-refractivity contribution is 7.90. The molecule has 0 radical (unpaired) electrons. The van der Waals surface area contributed by atoms with Crippen molar-refractivity contribution in [3.63, 3.8) is 0 Å². The number of hydrogen-bond donors (Lipinski definition) is 1. The van der Waals surface area contributed by atoms with E-state index in [2.05, 4.69) is 9.97 Å². The first-order valence-electron chi connectivity index (χ1n) is 9.36. The third-order valence-electron chi connectivity index (χ3n) is 5.17. The van der Waals surface area contributed by atoms with Crippen molar-refractivity contribution in [3.8, 4) is 0 Å². The maximum atomic E-state index is 13.7. The molecule has 0 aliphatic heterocycles. The van der Waals surface area contributed by atoms with Gasteiger partial charge in [-0.05, 0) is 60.7 Å². The molecule has 2 aromatic carbocycles. The van der Waals surface area contributed by atoms with Crippen LogP contribution in [0.25, 0.3) is 0 Å². The minimum atomic E-state index is -3.59. The lowest BCUT2D eigenvalue weighted by Crippen LogP contribution is -2.19. The SMILES string of the molecule is Cc1[nH]c(C(OC2Cc3cc(F)c(F)cc3C2)c2ccc(F)c(Cl)c2)nc1S(C)(=O)=O. The number of aromatic amines is 1. The lowest BCUT2D eigenvalue weighted by Gasteiger charge is -2.21. The van der Waals surface area contributed by atoms with Crippen molar-refractivity contribution in [1.29, 1.82) is 0 Å². The number of sulfone groups is 1. The fraction of sp³-hybridized carbons (Fsp3) is 0.286. The van der Waals surface area contributed by atoms with Gasteiger partial charge >= 0.3 is 0 Å². The Morgan fingerprint density at radius 3 is 2.23 bits per heavy atom. The molecule has 3 aromatic rings. The van der Waals surface area contributed by atoms with Gasteiger partial charge in [0.1, 0.15) is 17.7 Å². The second kappa shape index (κ2) is 7.96. The van der Waals surface area contributed by atoms with Crippen LogP contribution in [-0.4, -0.2) is 30.7 Å². The molecule has 1 aliphatic rings. The monoisotopic (exact) mass is 470 g/mol. The van der Waals surface area contributed by atoms with E-state index in [9.17, 15) is 21.6 Å². The molecular weight excluding hydrogens is 453 g/mol. The number of halogens is 4. The van der Waals surface area contributed by atoms with Gasteiger partial charge in [0.05, 0.1) is 16.8 Å². The van der Waals surface area contributed by atoms with Crippen LogP contribution >= 0.6 is 11.6 Å². The zero-order chi connectivity index (χ0) is 22.5. The molecule has 1 heterocycles. The average Bonchev–Trinajstić information content (AvgIpc) is 3.25. The molecule has 10 heteroatoms. The van der Waals surface area contributed by atoms with Gasteiger partial charge in [0, 0.05) is 6.26 Å². The fourth-order valence-corrected chi connectivity index (χ4v) is 4.85. The number of aryl methyl sites for hydroxylation is 1. The molecule has 0 spiro atoms. The molecule has 1 N–H and O–H groups in total. The summed E-state index contributed by atoms with van der Waals surface area (Å²) in [4.78, 5) is 7.13. The largest absolute Gasteiger partial charge is 0.362 e. The Kier molecular flexibility index (Phi) is 5.61. The van der Waals surface area contributed by atoms with Gasteiger partial charge in [-0.2, -0.15) is 0 Å². The number of fused-ring (bicyclic) bond motifs is 1. The lowest BCUT2D eigenvalue weighted by atomic mass is 10.1. The number of H-pyrrole nitrogens is 1. The highest BCUT2D eigenvalue weighted by Gasteiger charge is 2.31. The number of rotatable bonds is 5. The normalized spacial score (nSPS) is 15.3. The van der Waals surface area contributed by atoms with E-state index in [0.29, 0.717) is 35.2 Å². The Balaban J connectivity index is 1.71. The topological polar surface area (TPSA) is 72.0 Å². The molecule has 0 bridgehead atoms. The molecule has 5 nitrogen and oxygen atoms in total. The molecule has 1 atom stereocenters. The van der Waals surface area contributed by atoms with Gasteiger partial charge in [-0.15, -0.1) is 0 Å². The summed E-state index contributed by atoms with van der Waals surface area (Å²) >= 11 is 5.94. The van der Waals surface area contributed by atoms with Crippen LogP contribution in [0.4, 0.5) is 13.2 Å². The fourth-order valence-electron chi connectivity index (χ4n) is 3.79. The van der Waals surface area contributed by atoms with E-state index in [4.69, 9.17) is 16.3 Å². The Hall–Kier alpha value is -2.36. The minimum Gasteiger partial charge on any atom is -0.362 e. The Morgan fingerprint density at radius 2 is 1.71 bits per heavy atom. The van der Waals surface area contributed by atoms with Crippen LogP contribution < -0.4 is 0 Å². The van der Waals surface area contributed by atoms with Crippen LogP contribution in [0.15, 0.2) is 35.4 Å². The van der Waals surface area contributed by atoms with Gasteiger partial charge in [-0.3, -0.25) is 0 Å². The first kappa shape index (κ1) is 21.9. The number of benzene rings is 2. The lowest BCUT2D eigenvalue weighted by molar-refractivity contribution is 0.0104. The number of ether oxygens (including phenoxy) is 1. The third-order valence-corrected chi connectivity index (χ3v) is 6.56. The number of nitrogens with zero attached hydrogens (tertiary/aromatic N) is 1. The first-order valence-corrected chi connectivity index (χ1v) is 11.6. The van der Waals surface area contributed by atoms with E-state index in [1.807, 2.05) is 0 Å². The summed E-state index contributed by atoms with van der Waals surface area (Å²) < 4.78 is 71.1. The maximum Gasteiger partial charge on any atom is 0.194 e. The number of hydrogen-bond acceptors (Lipinski definition) is 4. The minimum absolute atomic E-state index is 0.122. The molecular formula is C21H18ClF3N2O3S. The molecule has 0 amide bonds. The van der Waals surface area contributed by atoms with Gasteiger partial charge in [0.25, 0.3) is 0 Å². The zero-order valence-corrected chi connectivity index (χ0v) is 18.1. The smallest absolute Gasteiger partial charge is 0.194 e. The van der Waals surface area contributed by atoms with E-state index >= 15 is 0 Å². The number of imidazole rings is 1. The quantitative estimate of drug-likeness (QED) is 0.597. The predicted octanol–water partition coefficient (Wildman–Crippen LogP) is 4.47. The summed E-state index contributed by atoms with van der Waals surface area (Å²) in [7, 11) is -3.59. The number of nitrogens with one attached hydrogen (secondary N) is 1. The average molecular weight is 471 g/mol. The van der Waals surface area contributed by atoms with E-state index in [1.54, 1.807) is 6.92 Å². The van der Waals surface area contributed by atoms with Crippen LogP contribution in [0.1, 0.15) is 34.3 Å². The highest BCUT2D eigenvalue weighted by Crippen LogP contribution is 2.34. The molecule has 1 aliphatic carbocycles. The van der Waals surface area contributed by atoms with Crippen LogP contribution in [0, 0.1) is 24.4 Å². The molecule has 1 unspecified atom stereocenters. The van der Waals surface area contributed by atoms with Crippen LogP contribution in [0.2, 0.25) is 5.02 Å². The zero-order valence-electron chi connectivity index (χ0n) is 16.5. The van der Waals surface area contributed by atoms with E-state index in [1.165, 1.54) is 18.2 Å². The van der Waals surface area contributed by atoms with Gasteiger partial charge in [-0.1, -0.05) is 17.7 Å². The van der Waals surface area contributed by atoms with Crippen LogP contribution in [0.5, 0.6) is 0 Å². The Labute approximate surface area is 182 Å². The summed E-state index contributed by atoms with van der Waals surface area (Å²) in [5.74, 6) is -2.27. The summed E-state index contributed by atoms with van der Waals surface area (Å²) in [6.07, 6.45) is 0.340. The summed E-state index contributed by atoms with van der Waals surface area (Å²) in [5.41, 5.74) is 2.05. The summed E-state index contributed by atoms with van der Waals surface area (Å²) in [6, 6.07) is 6.31. The van der Waals surface area contributed by atoms with Crippen molar-refractivity contribution in [2.75, 3.05) is 6.26 Å². The summed E-state index contributed by atoms with van der Waals surface area (Å²) in [5, 5.41) is -0.250. The number of aromatic nitrogens is 2. The van der Waals surface area contributed by atoms with Crippen LogP contribution in [-0.2, 0) is 27.4 Å². The van der Waals surface area contributed by atoms with Crippen molar-refractivity contribution in [2.45, 2.75) is 37.0 Å². The Bertz CT molecular complexity index is 1250. The van der Waals surface area contributed by atoms with E-state index < -0.39 is 39.5 Å². The molecule has 0 saturated carbocycles. The molecule has 164 valence electrons. The van der Waals surface area contributed by atoms with Gasteiger partial charge < -0.3 is 9.72 Å². The predicted molar refractivity (Wildman–Crippen MR) is 108 cm³/mol. The van der Waals surface area contributed by atoms with Gasteiger partial charge in [0.2, 0.25) is 0 Å². The first-order chi connectivity index (χ1) is 14.5. The van der Waals surface area contributed by atoms with E-state index in [0.717, 1.165) is 18.4 Å². The second-order valence-corrected chi connectivity index (χ2v) is 9.92. The van der Waals surface area contributed by atoms with Gasteiger partial charge in [-0.25, -0.2) is 26.6 Å². The molecule has 4 rings (SSSR count). The van der Waals surface area contributed by atoms with Crippen LogP contribution in [0.3, 0.4) is 0 Å². The Morgan fingerprint density at radius 1 is 1.10 bits per heavy atom. The van der Waals surface area contributed by atoms with Gasteiger partial charge in [0.15, 0.2) is 26.5 Å². The highest BCUT2D eigenvalue weighted by atomic mass is 35.5. The van der Waals surface area contributed by atoms with Crippen molar-refractivity contribution in [3.05, 3.63) is 81.0 Å². The van der Waals surface area contributed by atoms with Crippen molar-refractivity contribution < 1.29 is 26.3 Å². The van der Waals surface area contributed by atoms with E-state index in [-0.39, 0.29) is 15.9 Å². The molecule has 31 heavy (non-hydrogen) atoms. The summed E-state index contributed by atoms with van der Waals surface area (Å²) in [6.45, 7) is 1.57. The molecule has 0 fully saturated rings. The van der Waals surface area contributed by atoms with Crippen molar-refractivity contribution >= 4 is 21.4 Å². The molecule has 1 aromatic heterocycles. The maximum absolute atomic E-state index is 13.7.